The second kappa shape index (κ2) is 8.16. The zero-order valence-corrected chi connectivity index (χ0v) is 14.7. The van der Waals surface area contributed by atoms with E-state index < -0.39 is 0 Å². The van der Waals surface area contributed by atoms with Gasteiger partial charge in [0.25, 0.3) is 0 Å². The molecule has 1 aliphatic heterocycles. The van der Waals surface area contributed by atoms with Crippen LogP contribution in [0.2, 0.25) is 0 Å². The number of halogens is 1. The van der Waals surface area contributed by atoms with Crippen molar-refractivity contribution < 1.29 is 4.74 Å². The lowest BCUT2D eigenvalue weighted by Crippen LogP contribution is -2.32. The van der Waals surface area contributed by atoms with Crippen molar-refractivity contribution in [3.05, 3.63) is 28.2 Å². The molecule has 0 bridgehead atoms. The highest BCUT2D eigenvalue weighted by molar-refractivity contribution is 9.10. The minimum atomic E-state index is 0.247. The summed E-state index contributed by atoms with van der Waals surface area (Å²) in [7, 11) is 0. The Hall–Kier alpha value is -0.580. The van der Waals surface area contributed by atoms with E-state index in [9.17, 15) is 0 Å². The van der Waals surface area contributed by atoms with Crippen molar-refractivity contribution in [2.24, 2.45) is 5.73 Å². The van der Waals surface area contributed by atoms with Gasteiger partial charge in [-0.25, -0.2) is 0 Å². The lowest BCUT2D eigenvalue weighted by Gasteiger charge is -2.27. The first kappa shape index (κ1) is 16.8. The molecule has 2 unspecified atom stereocenters. The van der Waals surface area contributed by atoms with Gasteiger partial charge in [0.2, 0.25) is 0 Å². The Morgan fingerprint density at radius 3 is 2.81 bits per heavy atom. The number of nitrogens with two attached hydrogens (primary N) is 1. The summed E-state index contributed by atoms with van der Waals surface area (Å²) in [6.07, 6.45) is 4.70. The monoisotopic (exact) mass is 354 g/mol. The van der Waals surface area contributed by atoms with Crippen molar-refractivity contribution >= 4 is 21.6 Å². The zero-order valence-electron chi connectivity index (χ0n) is 13.1. The Morgan fingerprint density at radius 2 is 2.24 bits per heavy atom. The van der Waals surface area contributed by atoms with Gasteiger partial charge in [0.15, 0.2) is 0 Å². The number of hydrogen-bond donors (Lipinski definition) is 1. The number of hydrogen-bond acceptors (Lipinski definition) is 3. The maximum atomic E-state index is 6.05. The van der Waals surface area contributed by atoms with E-state index in [1.54, 1.807) is 0 Å². The van der Waals surface area contributed by atoms with Gasteiger partial charge in [0, 0.05) is 30.2 Å². The van der Waals surface area contributed by atoms with Crippen LogP contribution < -0.4 is 10.6 Å². The Balaban J connectivity index is 2.06. The summed E-state index contributed by atoms with van der Waals surface area (Å²) in [6, 6.07) is 6.87. The minimum Gasteiger partial charge on any atom is -0.376 e. The molecule has 2 rings (SSSR count). The fourth-order valence-corrected chi connectivity index (χ4v) is 3.49. The fourth-order valence-electron chi connectivity index (χ4n) is 2.81. The molecule has 118 valence electrons. The molecule has 4 heteroatoms. The number of likely N-dealkylation sites (N-methyl/N-ethyl adjacent to an activating group) is 1. The second-order valence-corrected chi connectivity index (χ2v) is 6.69. The number of anilines is 1. The van der Waals surface area contributed by atoms with Crippen LogP contribution in [0.1, 0.15) is 38.7 Å². The summed E-state index contributed by atoms with van der Waals surface area (Å²) in [5.74, 6) is 0. The number of nitrogens with zero attached hydrogens (tertiary/aromatic N) is 1. The van der Waals surface area contributed by atoms with Crippen LogP contribution in [0.4, 0.5) is 5.69 Å². The topological polar surface area (TPSA) is 38.5 Å². The highest BCUT2D eigenvalue weighted by Gasteiger charge is 2.20. The summed E-state index contributed by atoms with van der Waals surface area (Å²) in [4.78, 5) is 2.39. The Kier molecular flexibility index (Phi) is 6.52. The van der Waals surface area contributed by atoms with Gasteiger partial charge in [0.05, 0.1) is 11.8 Å². The number of rotatable bonds is 7. The highest BCUT2D eigenvalue weighted by atomic mass is 79.9. The summed E-state index contributed by atoms with van der Waals surface area (Å²) >= 11 is 3.73. The van der Waals surface area contributed by atoms with Gasteiger partial charge in [-0.3, -0.25) is 0 Å². The standard InChI is InChI=1S/C17H27BrN2O/c1-3-14(19)10-13-7-8-17(16(18)11-13)20(4-2)12-15-6-5-9-21-15/h7-8,11,14-15H,3-6,9-10,12,19H2,1-2H3. The van der Waals surface area contributed by atoms with E-state index in [1.807, 2.05) is 0 Å². The van der Waals surface area contributed by atoms with Crippen LogP contribution in [0.15, 0.2) is 22.7 Å². The maximum Gasteiger partial charge on any atom is 0.0750 e. The van der Waals surface area contributed by atoms with E-state index in [-0.39, 0.29) is 6.04 Å². The molecule has 0 saturated carbocycles. The third-order valence-corrected chi connectivity index (χ3v) is 4.84. The largest absolute Gasteiger partial charge is 0.376 e. The maximum absolute atomic E-state index is 6.05. The van der Waals surface area contributed by atoms with Crippen LogP contribution in [0.5, 0.6) is 0 Å². The lowest BCUT2D eigenvalue weighted by atomic mass is 10.0. The number of benzene rings is 1. The third-order valence-electron chi connectivity index (χ3n) is 4.20. The molecule has 1 fully saturated rings. The van der Waals surface area contributed by atoms with E-state index in [1.165, 1.54) is 24.1 Å². The van der Waals surface area contributed by atoms with E-state index in [0.717, 1.165) is 37.0 Å². The van der Waals surface area contributed by atoms with Crippen molar-refractivity contribution in [1.29, 1.82) is 0 Å². The van der Waals surface area contributed by atoms with Crippen LogP contribution in [-0.4, -0.2) is 31.8 Å². The average Bonchev–Trinajstić information content (AvgIpc) is 2.98. The smallest absolute Gasteiger partial charge is 0.0750 e. The van der Waals surface area contributed by atoms with Crippen molar-refractivity contribution in [2.75, 3.05) is 24.6 Å². The zero-order chi connectivity index (χ0) is 15.2. The predicted molar refractivity (Wildman–Crippen MR) is 93.0 cm³/mol. The van der Waals surface area contributed by atoms with Crippen molar-refractivity contribution in [2.45, 2.75) is 51.7 Å². The van der Waals surface area contributed by atoms with Crippen molar-refractivity contribution in [3.63, 3.8) is 0 Å². The lowest BCUT2D eigenvalue weighted by molar-refractivity contribution is 0.115. The van der Waals surface area contributed by atoms with Gasteiger partial charge in [-0.1, -0.05) is 13.0 Å². The predicted octanol–water partition coefficient (Wildman–Crippen LogP) is 3.73. The van der Waals surface area contributed by atoms with Crippen molar-refractivity contribution in [1.82, 2.24) is 0 Å². The molecule has 0 aromatic heterocycles. The fraction of sp³-hybridized carbons (Fsp3) is 0.647. The highest BCUT2D eigenvalue weighted by Crippen LogP contribution is 2.29. The first-order valence-electron chi connectivity index (χ1n) is 8.04. The Morgan fingerprint density at radius 1 is 1.43 bits per heavy atom. The second-order valence-electron chi connectivity index (χ2n) is 5.83. The molecule has 1 saturated heterocycles. The van der Waals surface area contributed by atoms with Gasteiger partial charge < -0.3 is 15.4 Å². The molecule has 21 heavy (non-hydrogen) atoms. The first-order chi connectivity index (χ1) is 10.1. The molecule has 1 heterocycles. The summed E-state index contributed by atoms with van der Waals surface area (Å²) < 4.78 is 6.92. The molecule has 0 spiro atoms. The summed E-state index contributed by atoms with van der Waals surface area (Å²) in [5.41, 5.74) is 8.60. The van der Waals surface area contributed by atoms with Gasteiger partial charge in [0.1, 0.15) is 0 Å². The molecule has 1 aromatic rings. The first-order valence-corrected chi connectivity index (χ1v) is 8.83. The van der Waals surface area contributed by atoms with Gasteiger partial charge in [-0.05, 0) is 66.2 Å². The molecule has 1 aromatic carbocycles. The normalized spacial score (nSPS) is 19.7. The molecular formula is C17H27BrN2O. The molecule has 0 amide bonds. The average molecular weight is 355 g/mol. The van der Waals surface area contributed by atoms with E-state index in [2.05, 4.69) is 52.9 Å². The molecular weight excluding hydrogens is 328 g/mol. The third kappa shape index (κ3) is 4.70. The van der Waals surface area contributed by atoms with Crippen LogP contribution >= 0.6 is 15.9 Å². The van der Waals surface area contributed by atoms with Gasteiger partial charge in [-0.2, -0.15) is 0 Å². The molecule has 0 radical (unpaired) electrons. The minimum absolute atomic E-state index is 0.247. The van der Waals surface area contributed by atoms with E-state index in [4.69, 9.17) is 10.5 Å². The molecule has 1 aliphatic rings. The molecule has 0 aliphatic carbocycles. The quantitative estimate of drug-likeness (QED) is 0.810. The SMILES string of the molecule is CCC(N)Cc1ccc(N(CC)CC2CCCO2)c(Br)c1. The molecule has 3 nitrogen and oxygen atoms in total. The molecule has 2 N–H and O–H groups in total. The van der Waals surface area contributed by atoms with Gasteiger partial charge >= 0.3 is 0 Å². The van der Waals surface area contributed by atoms with E-state index in [0.29, 0.717) is 6.10 Å². The summed E-state index contributed by atoms with van der Waals surface area (Å²) in [6.45, 7) is 7.21. The van der Waals surface area contributed by atoms with Crippen molar-refractivity contribution in [3.8, 4) is 0 Å². The van der Waals surface area contributed by atoms with Crippen LogP contribution in [0, 0.1) is 0 Å². The number of ether oxygens (including phenoxy) is 1. The van der Waals surface area contributed by atoms with Crippen LogP contribution in [-0.2, 0) is 11.2 Å². The van der Waals surface area contributed by atoms with Crippen LogP contribution in [0.25, 0.3) is 0 Å². The Labute approximate surface area is 137 Å². The Bertz CT molecular complexity index is 446. The molecule has 2 atom stereocenters. The van der Waals surface area contributed by atoms with E-state index >= 15 is 0 Å². The van der Waals surface area contributed by atoms with Gasteiger partial charge in [-0.15, -0.1) is 0 Å². The van der Waals surface area contributed by atoms with Crippen LogP contribution in [0.3, 0.4) is 0 Å². The summed E-state index contributed by atoms with van der Waals surface area (Å²) in [5, 5.41) is 0.